The van der Waals surface area contributed by atoms with E-state index < -0.39 is 6.09 Å². The lowest BCUT2D eigenvalue weighted by atomic mass is 10.2. The van der Waals surface area contributed by atoms with Gasteiger partial charge in [0.05, 0.1) is 5.76 Å². The Morgan fingerprint density at radius 1 is 1.38 bits per heavy atom. The molecule has 1 rings (SSSR count). The van der Waals surface area contributed by atoms with Gasteiger partial charge in [-0.15, -0.1) is 0 Å². The molecule has 0 saturated carbocycles. The number of aliphatic hydroxyl groups excluding tert-OH is 1. The summed E-state index contributed by atoms with van der Waals surface area (Å²) in [5.74, 6) is 0.0448. The van der Waals surface area contributed by atoms with Crippen LogP contribution < -0.4 is 5.32 Å². The van der Waals surface area contributed by atoms with E-state index in [1.807, 2.05) is 30.3 Å². The van der Waals surface area contributed by atoms with Crippen LogP contribution in [-0.4, -0.2) is 17.7 Å². The van der Waals surface area contributed by atoms with Crippen molar-refractivity contribution in [2.24, 2.45) is 0 Å². The average Bonchev–Trinajstić information content (AvgIpc) is 2.27. The Hall–Kier alpha value is -1.97. The maximum Gasteiger partial charge on any atom is 0.407 e. The molecule has 86 valence electrons. The zero-order valence-electron chi connectivity index (χ0n) is 8.98. The number of ether oxygens (including phenoxy) is 1. The van der Waals surface area contributed by atoms with Crippen molar-refractivity contribution in [3.8, 4) is 0 Å². The van der Waals surface area contributed by atoms with E-state index in [2.05, 4.69) is 11.9 Å². The van der Waals surface area contributed by atoms with Gasteiger partial charge in [0.2, 0.25) is 0 Å². The Morgan fingerprint density at radius 2 is 2.06 bits per heavy atom. The van der Waals surface area contributed by atoms with Crippen LogP contribution in [0.3, 0.4) is 0 Å². The van der Waals surface area contributed by atoms with E-state index in [9.17, 15) is 4.79 Å². The van der Waals surface area contributed by atoms with Gasteiger partial charge in [-0.05, 0) is 5.56 Å². The van der Waals surface area contributed by atoms with E-state index in [1.165, 1.54) is 0 Å². The van der Waals surface area contributed by atoms with E-state index in [-0.39, 0.29) is 12.4 Å². The summed E-state index contributed by atoms with van der Waals surface area (Å²) in [5, 5.41) is 11.3. The zero-order chi connectivity index (χ0) is 11.8. The number of alkyl carbamates (subject to hydrolysis) is 1. The lowest BCUT2D eigenvalue weighted by Gasteiger charge is -2.06. The van der Waals surface area contributed by atoms with Gasteiger partial charge >= 0.3 is 6.09 Å². The van der Waals surface area contributed by atoms with Crippen LogP contribution in [-0.2, 0) is 11.3 Å². The predicted molar refractivity (Wildman–Crippen MR) is 61.0 cm³/mol. The molecule has 0 aliphatic heterocycles. The molecule has 0 bridgehead atoms. The molecule has 0 aliphatic rings. The molecule has 0 spiro atoms. The quantitative estimate of drug-likeness (QED) is 0.750. The van der Waals surface area contributed by atoms with Gasteiger partial charge in [0.15, 0.2) is 0 Å². The van der Waals surface area contributed by atoms with Gasteiger partial charge in [0.25, 0.3) is 0 Å². The Bertz CT molecular complexity index is 349. The molecule has 1 aromatic rings. The van der Waals surface area contributed by atoms with Crippen LogP contribution in [0.4, 0.5) is 4.79 Å². The third-order valence-corrected chi connectivity index (χ3v) is 1.90. The lowest BCUT2D eigenvalue weighted by Crippen LogP contribution is -2.25. The van der Waals surface area contributed by atoms with Crippen LogP contribution in [0.2, 0.25) is 0 Å². The normalized spacial score (nSPS) is 9.50. The molecule has 1 amide bonds. The monoisotopic (exact) mass is 221 g/mol. The minimum Gasteiger partial charge on any atom is -0.513 e. The number of nitrogens with one attached hydrogen (secondary N) is 1. The second-order valence-corrected chi connectivity index (χ2v) is 3.30. The highest BCUT2D eigenvalue weighted by atomic mass is 16.5. The standard InChI is InChI=1S/C12H15NO3/c1-10(14)7-8-13-12(15)16-9-11-5-3-2-4-6-11/h2-6,14H,1,7-9H2,(H,13,15). The van der Waals surface area contributed by atoms with Crippen LogP contribution in [0.5, 0.6) is 0 Å². The fourth-order valence-electron chi connectivity index (χ4n) is 1.08. The molecule has 0 aliphatic carbocycles. The summed E-state index contributed by atoms with van der Waals surface area (Å²) >= 11 is 0. The number of amides is 1. The van der Waals surface area contributed by atoms with Crippen molar-refractivity contribution in [1.82, 2.24) is 5.32 Å². The summed E-state index contributed by atoms with van der Waals surface area (Å²) in [7, 11) is 0. The number of rotatable bonds is 5. The summed E-state index contributed by atoms with van der Waals surface area (Å²) < 4.78 is 4.95. The van der Waals surface area contributed by atoms with E-state index in [4.69, 9.17) is 9.84 Å². The molecule has 4 nitrogen and oxygen atoms in total. The molecule has 2 N–H and O–H groups in total. The predicted octanol–water partition coefficient (Wildman–Crippen LogP) is 2.37. The number of benzene rings is 1. The summed E-state index contributed by atoms with van der Waals surface area (Å²) in [6.45, 7) is 3.87. The molecule has 0 heterocycles. The molecule has 1 aromatic carbocycles. The highest BCUT2D eigenvalue weighted by Gasteiger charge is 2.01. The number of hydrogen-bond donors (Lipinski definition) is 2. The second-order valence-electron chi connectivity index (χ2n) is 3.30. The number of hydrogen-bond acceptors (Lipinski definition) is 3. The van der Waals surface area contributed by atoms with Gasteiger partial charge in [-0.2, -0.15) is 0 Å². The first kappa shape index (κ1) is 12.1. The van der Waals surface area contributed by atoms with Crippen LogP contribution in [0.15, 0.2) is 42.7 Å². The second kappa shape index (κ2) is 6.50. The maximum absolute atomic E-state index is 11.2. The first-order chi connectivity index (χ1) is 7.68. The average molecular weight is 221 g/mol. The molecule has 0 radical (unpaired) electrons. The fourth-order valence-corrected chi connectivity index (χ4v) is 1.08. The van der Waals surface area contributed by atoms with E-state index in [0.717, 1.165) is 5.56 Å². The molecule has 0 aromatic heterocycles. The Morgan fingerprint density at radius 3 is 2.69 bits per heavy atom. The van der Waals surface area contributed by atoms with Crippen molar-refractivity contribution < 1.29 is 14.6 Å². The van der Waals surface area contributed by atoms with Crippen molar-refractivity contribution in [2.45, 2.75) is 13.0 Å². The zero-order valence-corrected chi connectivity index (χ0v) is 8.98. The molecular formula is C12H15NO3. The van der Waals surface area contributed by atoms with Crippen molar-refractivity contribution in [3.63, 3.8) is 0 Å². The van der Waals surface area contributed by atoms with Crippen molar-refractivity contribution in [3.05, 3.63) is 48.2 Å². The minimum absolute atomic E-state index is 0.0448. The largest absolute Gasteiger partial charge is 0.513 e. The molecule has 0 saturated heterocycles. The highest BCUT2D eigenvalue weighted by molar-refractivity contribution is 5.67. The van der Waals surface area contributed by atoms with Crippen molar-refractivity contribution >= 4 is 6.09 Å². The molecule has 4 heteroatoms. The topological polar surface area (TPSA) is 58.6 Å². The van der Waals surface area contributed by atoms with E-state index in [0.29, 0.717) is 13.0 Å². The van der Waals surface area contributed by atoms with Gasteiger partial charge in [-0.3, -0.25) is 0 Å². The van der Waals surface area contributed by atoms with Crippen molar-refractivity contribution in [1.29, 1.82) is 0 Å². The van der Waals surface area contributed by atoms with Gasteiger partial charge < -0.3 is 15.2 Å². The summed E-state index contributed by atoms with van der Waals surface area (Å²) in [5.41, 5.74) is 0.934. The Kier molecular flexibility index (Phi) is 4.92. The van der Waals surface area contributed by atoms with Gasteiger partial charge in [0, 0.05) is 13.0 Å². The van der Waals surface area contributed by atoms with Crippen molar-refractivity contribution in [2.75, 3.05) is 6.54 Å². The number of carbonyl (C=O) groups excluding carboxylic acids is 1. The van der Waals surface area contributed by atoms with Crippen LogP contribution in [0.1, 0.15) is 12.0 Å². The Balaban J connectivity index is 2.18. The maximum atomic E-state index is 11.2. The molecule has 0 atom stereocenters. The Labute approximate surface area is 94.6 Å². The third kappa shape index (κ3) is 5.05. The lowest BCUT2D eigenvalue weighted by molar-refractivity contribution is 0.139. The highest BCUT2D eigenvalue weighted by Crippen LogP contribution is 2.00. The number of carbonyl (C=O) groups is 1. The first-order valence-corrected chi connectivity index (χ1v) is 5.00. The van der Waals surface area contributed by atoms with Crippen LogP contribution in [0.25, 0.3) is 0 Å². The number of aliphatic hydroxyl groups is 1. The van der Waals surface area contributed by atoms with Gasteiger partial charge in [-0.1, -0.05) is 36.9 Å². The van der Waals surface area contributed by atoms with Crippen LogP contribution >= 0.6 is 0 Å². The van der Waals surface area contributed by atoms with Crippen LogP contribution in [0, 0.1) is 0 Å². The molecular weight excluding hydrogens is 206 g/mol. The van der Waals surface area contributed by atoms with E-state index >= 15 is 0 Å². The SMILES string of the molecule is C=C(O)CCNC(=O)OCc1ccccc1. The summed E-state index contributed by atoms with van der Waals surface area (Å²) in [4.78, 5) is 11.2. The summed E-state index contributed by atoms with van der Waals surface area (Å²) in [6, 6.07) is 9.42. The smallest absolute Gasteiger partial charge is 0.407 e. The molecule has 16 heavy (non-hydrogen) atoms. The van der Waals surface area contributed by atoms with Gasteiger partial charge in [0.1, 0.15) is 6.61 Å². The first-order valence-electron chi connectivity index (χ1n) is 5.00. The molecule has 0 fully saturated rings. The molecule has 0 unspecified atom stereocenters. The van der Waals surface area contributed by atoms with Gasteiger partial charge in [-0.25, -0.2) is 4.79 Å². The minimum atomic E-state index is -0.495. The fraction of sp³-hybridized carbons (Fsp3) is 0.250. The van der Waals surface area contributed by atoms with E-state index in [1.54, 1.807) is 0 Å². The summed E-state index contributed by atoms with van der Waals surface area (Å²) in [6.07, 6.45) is -0.162. The third-order valence-electron chi connectivity index (χ3n) is 1.90.